The third-order valence-corrected chi connectivity index (χ3v) is 5.07. The lowest BCUT2D eigenvalue weighted by atomic mass is 9.95. The Hall–Kier alpha value is -1.07. The maximum absolute atomic E-state index is 11.0. The van der Waals surface area contributed by atoms with Gasteiger partial charge in [0.1, 0.15) is 0 Å². The molecule has 0 spiro atoms. The maximum atomic E-state index is 11.0. The van der Waals surface area contributed by atoms with Crippen LogP contribution in [0.15, 0.2) is 24.3 Å². The molecule has 110 valence electrons. The molecule has 0 aromatic heterocycles. The minimum Gasteiger partial charge on any atom is -0.314 e. The zero-order valence-electron chi connectivity index (χ0n) is 11.9. The van der Waals surface area contributed by atoms with Crippen molar-refractivity contribution in [1.29, 1.82) is 0 Å². The minimum absolute atomic E-state index is 0.236. The Kier molecular flexibility index (Phi) is 5.86. The van der Waals surface area contributed by atoms with E-state index in [4.69, 9.17) is 0 Å². The Balaban J connectivity index is 1.82. The molecule has 0 amide bonds. The Morgan fingerprint density at radius 2 is 2.20 bits per heavy atom. The second kappa shape index (κ2) is 7.64. The molecule has 20 heavy (non-hydrogen) atoms. The predicted octanol–water partition coefficient (Wildman–Crippen LogP) is 3.40. The molecule has 1 saturated carbocycles. The number of thioether (sulfide) groups is 1. The van der Waals surface area contributed by atoms with Crippen LogP contribution in [0.5, 0.6) is 0 Å². The molecule has 5 heteroatoms. The van der Waals surface area contributed by atoms with Gasteiger partial charge in [0.25, 0.3) is 5.69 Å². The quantitative estimate of drug-likeness (QED) is 0.645. The fourth-order valence-corrected chi connectivity index (χ4v) is 3.68. The molecule has 2 unspecified atom stereocenters. The SMILES string of the molecule is CSC1CCCC(NCCc2ccccc2[N+](=O)[O-])C1. The average molecular weight is 294 g/mol. The first-order chi connectivity index (χ1) is 9.70. The fourth-order valence-electron chi connectivity index (χ4n) is 2.86. The highest BCUT2D eigenvalue weighted by Gasteiger charge is 2.20. The van der Waals surface area contributed by atoms with Gasteiger partial charge in [0.05, 0.1) is 4.92 Å². The van der Waals surface area contributed by atoms with Crippen molar-refractivity contribution in [3.05, 3.63) is 39.9 Å². The lowest BCUT2D eigenvalue weighted by Crippen LogP contribution is -2.36. The lowest BCUT2D eigenvalue weighted by molar-refractivity contribution is -0.385. The summed E-state index contributed by atoms with van der Waals surface area (Å²) in [6, 6.07) is 7.60. The first-order valence-corrected chi connectivity index (χ1v) is 8.48. The summed E-state index contributed by atoms with van der Waals surface area (Å²) in [6.45, 7) is 0.816. The second-order valence-corrected chi connectivity index (χ2v) is 6.45. The van der Waals surface area contributed by atoms with E-state index in [-0.39, 0.29) is 10.6 Å². The summed E-state index contributed by atoms with van der Waals surface area (Å²) in [5.41, 5.74) is 1.06. The molecule has 0 aliphatic heterocycles. The number of nitro groups is 1. The Morgan fingerprint density at radius 1 is 1.40 bits per heavy atom. The second-order valence-electron chi connectivity index (χ2n) is 5.31. The monoisotopic (exact) mass is 294 g/mol. The molecular formula is C15H22N2O2S. The molecule has 0 heterocycles. The predicted molar refractivity (Wildman–Crippen MR) is 84.4 cm³/mol. The number of nitrogens with one attached hydrogen (secondary N) is 1. The topological polar surface area (TPSA) is 55.2 Å². The third-order valence-electron chi connectivity index (χ3n) is 3.98. The highest BCUT2D eigenvalue weighted by molar-refractivity contribution is 7.99. The lowest BCUT2D eigenvalue weighted by Gasteiger charge is -2.28. The summed E-state index contributed by atoms with van der Waals surface area (Å²) in [7, 11) is 0. The molecular weight excluding hydrogens is 272 g/mol. The van der Waals surface area contributed by atoms with E-state index in [1.165, 1.54) is 25.7 Å². The van der Waals surface area contributed by atoms with Crippen LogP contribution in [0.3, 0.4) is 0 Å². The molecule has 0 bridgehead atoms. The van der Waals surface area contributed by atoms with E-state index in [0.29, 0.717) is 6.04 Å². The van der Waals surface area contributed by atoms with Crippen LogP contribution in [0.1, 0.15) is 31.2 Å². The minimum atomic E-state index is -0.292. The van der Waals surface area contributed by atoms with Gasteiger partial charge in [-0.2, -0.15) is 11.8 Å². The first-order valence-electron chi connectivity index (χ1n) is 7.19. The number of hydrogen-bond donors (Lipinski definition) is 1. The molecule has 1 aromatic carbocycles. The van der Waals surface area contributed by atoms with Crippen molar-refractivity contribution in [3.63, 3.8) is 0 Å². The molecule has 0 radical (unpaired) electrons. The Morgan fingerprint density at radius 3 is 2.95 bits per heavy atom. The normalized spacial score (nSPS) is 22.6. The summed E-state index contributed by atoms with van der Waals surface area (Å²) in [5, 5.41) is 15.3. The van der Waals surface area contributed by atoms with Crippen LogP contribution in [0.4, 0.5) is 5.69 Å². The van der Waals surface area contributed by atoms with Crippen molar-refractivity contribution < 1.29 is 4.92 Å². The zero-order valence-corrected chi connectivity index (χ0v) is 12.7. The molecule has 1 N–H and O–H groups in total. The summed E-state index contributed by atoms with van der Waals surface area (Å²) in [6.07, 6.45) is 7.96. The summed E-state index contributed by atoms with van der Waals surface area (Å²) >= 11 is 1.96. The first kappa shape index (κ1) is 15.3. The number of nitro benzene ring substituents is 1. The molecule has 1 aliphatic carbocycles. The van der Waals surface area contributed by atoms with Gasteiger partial charge >= 0.3 is 0 Å². The van der Waals surface area contributed by atoms with Gasteiger partial charge < -0.3 is 5.32 Å². The van der Waals surface area contributed by atoms with E-state index in [0.717, 1.165) is 23.8 Å². The number of nitrogens with zero attached hydrogens (tertiary/aromatic N) is 1. The average Bonchev–Trinajstić information content (AvgIpc) is 2.48. The Bertz CT molecular complexity index is 453. The van der Waals surface area contributed by atoms with Crippen molar-refractivity contribution in [2.45, 2.75) is 43.4 Å². The van der Waals surface area contributed by atoms with Gasteiger partial charge in [-0.05, 0) is 38.5 Å². The molecule has 0 saturated heterocycles. The van der Waals surface area contributed by atoms with Crippen molar-refractivity contribution in [1.82, 2.24) is 5.32 Å². The fraction of sp³-hybridized carbons (Fsp3) is 0.600. The summed E-state index contributed by atoms with van der Waals surface area (Å²) in [5.74, 6) is 0. The van der Waals surface area contributed by atoms with Gasteiger partial charge in [0.15, 0.2) is 0 Å². The molecule has 2 atom stereocenters. The maximum Gasteiger partial charge on any atom is 0.272 e. The Labute approximate surface area is 124 Å². The van der Waals surface area contributed by atoms with Crippen LogP contribution in [0.2, 0.25) is 0 Å². The smallest absolute Gasteiger partial charge is 0.272 e. The zero-order chi connectivity index (χ0) is 14.4. The van der Waals surface area contributed by atoms with Crippen LogP contribution in [0, 0.1) is 10.1 Å². The van der Waals surface area contributed by atoms with E-state index in [1.807, 2.05) is 23.9 Å². The van der Waals surface area contributed by atoms with Gasteiger partial charge in [0, 0.05) is 22.9 Å². The van der Waals surface area contributed by atoms with Crippen molar-refractivity contribution in [2.75, 3.05) is 12.8 Å². The third kappa shape index (κ3) is 4.21. The van der Waals surface area contributed by atoms with E-state index in [9.17, 15) is 10.1 Å². The largest absolute Gasteiger partial charge is 0.314 e. The number of para-hydroxylation sites is 1. The highest BCUT2D eigenvalue weighted by Crippen LogP contribution is 2.27. The molecule has 1 aliphatic rings. The van der Waals surface area contributed by atoms with Gasteiger partial charge in [-0.1, -0.05) is 24.6 Å². The molecule has 2 rings (SSSR count). The van der Waals surface area contributed by atoms with Gasteiger partial charge in [-0.3, -0.25) is 10.1 Å². The number of rotatable bonds is 6. The van der Waals surface area contributed by atoms with Crippen LogP contribution in [-0.2, 0) is 6.42 Å². The van der Waals surface area contributed by atoms with Crippen molar-refractivity contribution in [3.8, 4) is 0 Å². The van der Waals surface area contributed by atoms with Gasteiger partial charge in [-0.25, -0.2) is 0 Å². The van der Waals surface area contributed by atoms with Crippen molar-refractivity contribution >= 4 is 17.4 Å². The van der Waals surface area contributed by atoms with E-state index in [2.05, 4.69) is 11.6 Å². The summed E-state index contributed by atoms with van der Waals surface area (Å²) < 4.78 is 0. The molecule has 1 fully saturated rings. The van der Waals surface area contributed by atoms with Crippen LogP contribution in [0.25, 0.3) is 0 Å². The van der Waals surface area contributed by atoms with Crippen LogP contribution >= 0.6 is 11.8 Å². The standard InChI is InChI=1S/C15H22N2O2S/c1-20-14-7-4-6-13(11-14)16-10-9-12-5-2-3-8-15(12)17(18)19/h2-3,5,8,13-14,16H,4,6-7,9-11H2,1H3. The summed E-state index contributed by atoms with van der Waals surface area (Å²) in [4.78, 5) is 10.7. The molecule has 4 nitrogen and oxygen atoms in total. The van der Waals surface area contributed by atoms with Gasteiger partial charge in [-0.15, -0.1) is 0 Å². The van der Waals surface area contributed by atoms with Crippen molar-refractivity contribution in [2.24, 2.45) is 0 Å². The van der Waals surface area contributed by atoms with Crippen LogP contribution in [-0.4, -0.2) is 29.0 Å². The van der Waals surface area contributed by atoms with E-state index >= 15 is 0 Å². The number of benzene rings is 1. The van der Waals surface area contributed by atoms with E-state index in [1.54, 1.807) is 12.1 Å². The van der Waals surface area contributed by atoms with Crippen LogP contribution < -0.4 is 5.32 Å². The highest BCUT2D eigenvalue weighted by atomic mass is 32.2. The number of hydrogen-bond acceptors (Lipinski definition) is 4. The van der Waals surface area contributed by atoms with E-state index < -0.39 is 0 Å². The molecule has 1 aromatic rings. The van der Waals surface area contributed by atoms with Gasteiger partial charge in [0.2, 0.25) is 0 Å².